The van der Waals surface area contributed by atoms with E-state index in [0.717, 1.165) is 5.69 Å². The van der Waals surface area contributed by atoms with Crippen LogP contribution in [0.3, 0.4) is 0 Å². The number of hydrogen-bond donors (Lipinski definition) is 0. The van der Waals surface area contributed by atoms with Crippen molar-refractivity contribution in [2.24, 2.45) is 0 Å². The molecule has 6 heteroatoms. The van der Waals surface area contributed by atoms with E-state index in [4.69, 9.17) is 0 Å². The van der Waals surface area contributed by atoms with E-state index in [1.54, 1.807) is 0 Å². The maximum absolute atomic E-state index is 2.59. The third-order valence-corrected chi connectivity index (χ3v) is 21.5. The summed E-state index contributed by atoms with van der Waals surface area (Å²) in [6, 6.07) is 87.6. The summed E-state index contributed by atoms with van der Waals surface area (Å²) in [5.41, 5.74) is 22.5. The number of hydrogen-bond acceptors (Lipinski definition) is 4. The molecule has 2 aliphatic carbocycles. The molecule has 15 aromatic rings. The number of nitrogens with zero attached hydrogens (tertiary/aromatic N) is 3. The molecular weight excluding hydrogens is 1020 g/mol. The minimum Gasteiger partial charge on any atom is -0.310 e. The molecule has 0 amide bonds. The third kappa shape index (κ3) is 5.61. The fraction of sp³-hybridized carbons (Fsp3) is 0.0685. The Hall–Kier alpha value is -8.78. The Bertz CT molecular complexity index is 4950. The molecule has 79 heavy (non-hydrogen) atoms. The summed E-state index contributed by atoms with van der Waals surface area (Å²) in [5.74, 6) is 0.127. The zero-order chi connectivity index (χ0) is 51.9. The van der Waals surface area contributed by atoms with Crippen LogP contribution in [0.5, 0.6) is 0 Å². The predicted octanol–water partition coefficient (Wildman–Crippen LogP) is 20.3. The number of thiophene rings is 3. The molecule has 18 rings (SSSR count). The van der Waals surface area contributed by atoms with Crippen LogP contribution in [0.15, 0.2) is 241 Å². The molecule has 0 radical (unpaired) electrons. The van der Waals surface area contributed by atoms with Gasteiger partial charge in [-0.3, -0.25) is 0 Å². The second kappa shape index (κ2) is 15.9. The lowest BCUT2D eigenvalue weighted by atomic mass is 9.64. The average Bonchev–Trinajstić information content (AvgIpc) is 2.73. The van der Waals surface area contributed by atoms with Crippen molar-refractivity contribution >= 4 is 115 Å². The van der Waals surface area contributed by atoms with E-state index in [9.17, 15) is 0 Å². The molecule has 0 atom stereocenters. The van der Waals surface area contributed by atoms with Crippen molar-refractivity contribution in [2.45, 2.75) is 30.6 Å². The van der Waals surface area contributed by atoms with Crippen LogP contribution in [0.2, 0.25) is 0 Å². The SMILES string of the molecule is CC1(C)c2ccccc2C(c2ccc(N3c4ccccc4C4(c5ccsc5-c5sccc54)c4c3ccc3c4c4ccccc4n3-c3cccc4c3sc3c(-n5c6ccccc6c6ccccc65)cccc34)cc2)c2ccccc21. The first-order valence-electron chi connectivity index (χ1n) is 27.3. The van der Waals surface area contributed by atoms with Crippen LogP contribution in [0.25, 0.3) is 84.9 Å². The fourth-order valence-electron chi connectivity index (χ4n) is 15.1. The van der Waals surface area contributed by atoms with E-state index >= 15 is 0 Å². The smallest absolute Gasteiger partial charge is 0.0778 e. The Morgan fingerprint density at radius 2 is 0.848 bits per heavy atom. The van der Waals surface area contributed by atoms with Crippen LogP contribution >= 0.6 is 34.0 Å². The summed E-state index contributed by atoms with van der Waals surface area (Å²) in [6.07, 6.45) is 0. The van der Waals surface area contributed by atoms with Gasteiger partial charge in [0, 0.05) is 64.7 Å². The summed E-state index contributed by atoms with van der Waals surface area (Å²) in [6.45, 7) is 4.76. The van der Waals surface area contributed by atoms with Crippen molar-refractivity contribution < 1.29 is 0 Å². The molecule has 6 heterocycles. The topological polar surface area (TPSA) is 13.1 Å². The Morgan fingerprint density at radius 3 is 1.46 bits per heavy atom. The molecule has 0 unspecified atom stereocenters. The molecule has 3 aliphatic rings. The molecule has 0 bridgehead atoms. The van der Waals surface area contributed by atoms with Gasteiger partial charge in [0.2, 0.25) is 0 Å². The van der Waals surface area contributed by atoms with Crippen molar-refractivity contribution in [2.75, 3.05) is 4.90 Å². The van der Waals surface area contributed by atoms with Crippen molar-refractivity contribution in [3.8, 4) is 21.1 Å². The van der Waals surface area contributed by atoms with Gasteiger partial charge in [-0.1, -0.05) is 172 Å². The molecule has 10 aromatic carbocycles. The second-order valence-electron chi connectivity index (χ2n) is 22.2. The Balaban J connectivity index is 0.894. The predicted molar refractivity (Wildman–Crippen MR) is 335 cm³/mol. The van der Waals surface area contributed by atoms with Gasteiger partial charge in [-0.05, 0) is 128 Å². The van der Waals surface area contributed by atoms with E-state index in [1.165, 1.54) is 146 Å². The Labute approximate surface area is 468 Å². The molecule has 5 aromatic heterocycles. The molecule has 0 N–H and O–H groups in total. The first-order chi connectivity index (χ1) is 39.0. The lowest BCUT2D eigenvalue weighted by Gasteiger charge is -2.45. The number of anilines is 3. The standard InChI is InChI=1S/C73H47N3S3/c1-72(2)52-24-8-3-19-49(52)65(50-20-4-9-25-53(50)72)43-33-35-44(36-34-43)74-60-30-14-10-26-54(60)73(55-39-41-77-70(55)71-56(73)40-42-78-71)67-62(74)38-37-61-66(67)51-21-7-13-29-59(51)76(61)64-32-16-23-48-47-22-15-31-63(68(47)79-69(48)64)75-57-27-11-5-17-45(57)46-18-6-12-28-58(46)75/h3-42,65H,1-2H3. The molecule has 1 aliphatic heterocycles. The van der Waals surface area contributed by atoms with E-state index < -0.39 is 5.41 Å². The number of fused-ring (bicyclic) bond motifs is 21. The summed E-state index contributed by atoms with van der Waals surface area (Å²) in [7, 11) is 0. The van der Waals surface area contributed by atoms with Gasteiger partial charge in [-0.25, -0.2) is 0 Å². The number of benzene rings is 10. The molecular formula is C73H47N3S3. The van der Waals surface area contributed by atoms with Crippen LogP contribution in [-0.4, -0.2) is 9.13 Å². The Morgan fingerprint density at radius 1 is 0.367 bits per heavy atom. The second-order valence-corrected chi connectivity index (χ2v) is 25.1. The van der Waals surface area contributed by atoms with Crippen LogP contribution in [0.4, 0.5) is 17.1 Å². The van der Waals surface area contributed by atoms with Gasteiger partial charge < -0.3 is 14.0 Å². The number of rotatable bonds is 4. The highest BCUT2D eigenvalue weighted by atomic mass is 32.1. The monoisotopic (exact) mass is 1060 g/mol. The third-order valence-electron chi connectivity index (χ3n) is 18.2. The van der Waals surface area contributed by atoms with E-state index in [1.807, 2.05) is 34.0 Å². The van der Waals surface area contributed by atoms with Crippen LogP contribution < -0.4 is 4.90 Å². The lowest BCUT2D eigenvalue weighted by molar-refractivity contribution is 0.597. The molecule has 0 fully saturated rings. The van der Waals surface area contributed by atoms with Gasteiger partial charge in [-0.15, -0.1) is 34.0 Å². The molecule has 0 saturated carbocycles. The number of para-hydroxylation sites is 4. The summed E-state index contributed by atoms with van der Waals surface area (Å²) in [5, 5.41) is 12.3. The van der Waals surface area contributed by atoms with Gasteiger partial charge in [0.25, 0.3) is 0 Å². The fourth-order valence-corrected chi connectivity index (χ4v) is 18.5. The number of aromatic nitrogens is 2. The molecule has 0 saturated heterocycles. The van der Waals surface area contributed by atoms with Crippen molar-refractivity contribution in [1.29, 1.82) is 0 Å². The lowest BCUT2D eigenvalue weighted by Crippen LogP contribution is -2.36. The average molecular weight is 1060 g/mol. The maximum atomic E-state index is 2.59. The van der Waals surface area contributed by atoms with Gasteiger partial charge in [-0.2, -0.15) is 0 Å². The van der Waals surface area contributed by atoms with Gasteiger partial charge >= 0.3 is 0 Å². The molecule has 1 spiro atoms. The van der Waals surface area contributed by atoms with E-state index in [-0.39, 0.29) is 11.3 Å². The Kier molecular flexibility index (Phi) is 8.92. The first kappa shape index (κ1) is 44.2. The zero-order valence-corrected chi connectivity index (χ0v) is 45.7. The van der Waals surface area contributed by atoms with Gasteiger partial charge in [0.05, 0.1) is 59.6 Å². The summed E-state index contributed by atoms with van der Waals surface area (Å²) >= 11 is 5.69. The highest BCUT2D eigenvalue weighted by Crippen LogP contribution is 2.67. The minimum atomic E-state index is -0.565. The summed E-state index contributed by atoms with van der Waals surface area (Å²) < 4.78 is 7.64. The van der Waals surface area contributed by atoms with Crippen molar-refractivity contribution in [3.63, 3.8) is 0 Å². The van der Waals surface area contributed by atoms with Crippen molar-refractivity contribution in [1.82, 2.24) is 9.13 Å². The zero-order valence-electron chi connectivity index (χ0n) is 43.2. The van der Waals surface area contributed by atoms with Crippen molar-refractivity contribution in [3.05, 3.63) is 291 Å². The highest BCUT2D eigenvalue weighted by Gasteiger charge is 2.54. The van der Waals surface area contributed by atoms with E-state index in [2.05, 4.69) is 269 Å². The van der Waals surface area contributed by atoms with Gasteiger partial charge in [0.1, 0.15) is 0 Å². The van der Waals surface area contributed by atoms with Crippen LogP contribution in [0.1, 0.15) is 69.8 Å². The summed E-state index contributed by atoms with van der Waals surface area (Å²) in [4.78, 5) is 5.35. The highest BCUT2D eigenvalue weighted by molar-refractivity contribution is 7.26. The van der Waals surface area contributed by atoms with Gasteiger partial charge in [0.15, 0.2) is 0 Å². The molecule has 372 valence electrons. The largest absolute Gasteiger partial charge is 0.310 e. The normalized spacial score (nSPS) is 14.8. The van der Waals surface area contributed by atoms with Crippen LogP contribution in [-0.2, 0) is 10.8 Å². The van der Waals surface area contributed by atoms with Crippen LogP contribution in [0, 0.1) is 0 Å². The molecule has 3 nitrogen and oxygen atoms in total. The first-order valence-corrected chi connectivity index (χ1v) is 29.9. The maximum Gasteiger partial charge on any atom is 0.0778 e. The quantitative estimate of drug-likeness (QED) is 0.171. The minimum absolute atomic E-state index is 0.0948. The van der Waals surface area contributed by atoms with E-state index in [0.29, 0.717) is 0 Å².